The Balaban J connectivity index is 2.46. The molecule has 0 aromatic heterocycles. The Morgan fingerprint density at radius 2 is 1.80 bits per heavy atom. The number of phenols is 1. The zero-order chi connectivity index (χ0) is 14.9. The fourth-order valence-corrected chi connectivity index (χ4v) is 3.44. The molecular formula is C13H11Cl2NO3S. The number of halogens is 2. The number of hydrogen-bond donors (Lipinski definition) is 2. The largest absolute Gasteiger partial charge is 0.506 e. The van der Waals surface area contributed by atoms with Gasteiger partial charge in [-0.15, -0.1) is 0 Å². The lowest BCUT2D eigenvalue weighted by atomic mass is 10.2. The van der Waals surface area contributed by atoms with Crippen LogP contribution in [-0.2, 0) is 10.0 Å². The molecule has 4 nitrogen and oxygen atoms in total. The summed E-state index contributed by atoms with van der Waals surface area (Å²) in [4.78, 5) is -0.146. The van der Waals surface area contributed by atoms with Gasteiger partial charge >= 0.3 is 0 Å². The van der Waals surface area contributed by atoms with E-state index in [9.17, 15) is 13.5 Å². The molecule has 0 spiro atoms. The lowest BCUT2D eigenvalue weighted by molar-refractivity contribution is 0.477. The maximum atomic E-state index is 12.3. The smallest absolute Gasteiger partial charge is 0.263 e. The maximum absolute atomic E-state index is 12.3. The summed E-state index contributed by atoms with van der Waals surface area (Å²) in [5.41, 5.74) is 0.888. The Hall–Kier alpha value is -1.43. The number of rotatable bonds is 3. The predicted molar refractivity (Wildman–Crippen MR) is 80.1 cm³/mol. The highest BCUT2D eigenvalue weighted by Crippen LogP contribution is 2.30. The molecule has 0 aliphatic heterocycles. The van der Waals surface area contributed by atoms with Crippen LogP contribution in [-0.4, -0.2) is 13.5 Å². The van der Waals surface area contributed by atoms with Crippen molar-refractivity contribution in [2.45, 2.75) is 11.8 Å². The van der Waals surface area contributed by atoms with Crippen LogP contribution in [0, 0.1) is 6.92 Å². The maximum Gasteiger partial charge on any atom is 0.263 e. The van der Waals surface area contributed by atoms with Gasteiger partial charge in [-0.3, -0.25) is 4.72 Å². The van der Waals surface area contributed by atoms with Gasteiger partial charge in [-0.05, 0) is 42.8 Å². The van der Waals surface area contributed by atoms with Crippen molar-refractivity contribution in [1.29, 1.82) is 0 Å². The molecule has 0 saturated carbocycles. The van der Waals surface area contributed by atoms with Crippen LogP contribution in [0.2, 0.25) is 10.0 Å². The number of benzene rings is 2. The number of sulfonamides is 1. The quantitative estimate of drug-likeness (QED) is 0.840. The number of anilines is 1. The van der Waals surface area contributed by atoms with Crippen LogP contribution in [0.1, 0.15) is 5.56 Å². The van der Waals surface area contributed by atoms with Gasteiger partial charge in [0.25, 0.3) is 10.0 Å². The molecule has 0 amide bonds. The molecule has 7 heteroatoms. The van der Waals surface area contributed by atoms with Gasteiger partial charge in [0.2, 0.25) is 0 Å². The van der Waals surface area contributed by atoms with Crippen molar-refractivity contribution in [3.05, 3.63) is 52.0 Å². The van der Waals surface area contributed by atoms with Gasteiger partial charge in [-0.2, -0.15) is 0 Å². The van der Waals surface area contributed by atoms with Gasteiger partial charge < -0.3 is 5.11 Å². The zero-order valence-corrected chi connectivity index (χ0v) is 12.7. The average molecular weight is 332 g/mol. The summed E-state index contributed by atoms with van der Waals surface area (Å²) < 4.78 is 26.8. The van der Waals surface area contributed by atoms with E-state index in [1.165, 1.54) is 30.3 Å². The van der Waals surface area contributed by atoms with Gasteiger partial charge in [-0.25, -0.2) is 8.42 Å². The van der Waals surface area contributed by atoms with Crippen LogP contribution >= 0.6 is 23.2 Å². The fraction of sp³-hybridized carbons (Fsp3) is 0.0769. The van der Waals surface area contributed by atoms with E-state index in [1.807, 2.05) is 0 Å². The SMILES string of the molecule is Cc1ccc(O)c(NS(=O)(=O)c2cc(Cl)ccc2Cl)c1. The van der Waals surface area contributed by atoms with Crippen molar-refractivity contribution in [2.24, 2.45) is 0 Å². The van der Waals surface area contributed by atoms with Crippen LogP contribution in [0.3, 0.4) is 0 Å². The second-order valence-electron chi connectivity index (χ2n) is 4.20. The van der Waals surface area contributed by atoms with Crippen molar-refractivity contribution in [3.63, 3.8) is 0 Å². The molecule has 20 heavy (non-hydrogen) atoms. The van der Waals surface area contributed by atoms with Crippen LogP contribution in [0.4, 0.5) is 5.69 Å². The summed E-state index contributed by atoms with van der Waals surface area (Å²) in [6.07, 6.45) is 0. The molecule has 106 valence electrons. The number of nitrogens with one attached hydrogen (secondary N) is 1. The summed E-state index contributed by atoms with van der Waals surface area (Å²) in [6.45, 7) is 1.78. The summed E-state index contributed by atoms with van der Waals surface area (Å²) in [5.74, 6) is -0.169. The van der Waals surface area contributed by atoms with E-state index in [1.54, 1.807) is 13.0 Å². The topological polar surface area (TPSA) is 66.4 Å². The van der Waals surface area contributed by atoms with Gasteiger partial charge in [0.05, 0.1) is 10.7 Å². The average Bonchev–Trinajstić information content (AvgIpc) is 2.36. The van der Waals surface area contributed by atoms with Gasteiger partial charge in [0, 0.05) is 5.02 Å². The summed E-state index contributed by atoms with van der Waals surface area (Å²) in [6, 6.07) is 8.73. The van der Waals surface area contributed by atoms with Crippen LogP contribution in [0.25, 0.3) is 0 Å². The van der Waals surface area contributed by atoms with E-state index in [2.05, 4.69) is 4.72 Å². The van der Waals surface area contributed by atoms with Gasteiger partial charge in [0.15, 0.2) is 0 Å². The first-order chi connectivity index (χ1) is 9.29. The first kappa shape index (κ1) is 15.0. The predicted octanol–water partition coefficient (Wildman–Crippen LogP) is 3.81. The van der Waals surface area contributed by atoms with Crippen molar-refractivity contribution in [2.75, 3.05) is 4.72 Å². The third kappa shape index (κ3) is 3.17. The van der Waals surface area contributed by atoms with Crippen molar-refractivity contribution < 1.29 is 13.5 Å². The lowest BCUT2D eigenvalue weighted by Gasteiger charge is -2.11. The minimum atomic E-state index is -3.93. The molecule has 0 radical (unpaired) electrons. The van der Waals surface area contributed by atoms with Crippen molar-refractivity contribution in [3.8, 4) is 5.75 Å². The number of aryl methyl sites for hydroxylation is 1. The minimum absolute atomic E-state index is 0.0500. The molecule has 0 aliphatic rings. The summed E-state index contributed by atoms with van der Waals surface area (Å²) in [7, 11) is -3.93. The molecule has 0 heterocycles. The van der Waals surface area contributed by atoms with Crippen LogP contribution < -0.4 is 4.72 Å². The second-order valence-corrected chi connectivity index (χ2v) is 6.70. The molecule has 2 rings (SSSR count). The number of aromatic hydroxyl groups is 1. The Kier molecular flexibility index (Phi) is 4.13. The van der Waals surface area contributed by atoms with E-state index in [-0.39, 0.29) is 26.4 Å². The third-order valence-electron chi connectivity index (χ3n) is 2.58. The second kappa shape index (κ2) is 5.52. The van der Waals surface area contributed by atoms with E-state index in [0.29, 0.717) is 0 Å². The molecule has 0 aliphatic carbocycles. The lowest BCUT2D eigenvalue weighted by Crippen LogP contribution is -2.13. The molecule has 0 atom stereocenters. The van der Waals surface area contributed by atoms with Crippen molar-refractivity contribution in [1.82, 2.24) is 0 Å². The van der Waals surface area contributed by atoms with Gasteiger partial charge in [-0.1, -0.05) is 29.3 Å². The third-order valence-corrected chi connectivity index (χ3v) is 4.66. The number of hydrogen-bond acceptors (Lipinski definition) is 3. The molecule has 0 fully saturated rings. The Morgan fingerprint density at radius 3 is 2.50 bits per heavy atom. The molecule has 2 N–H and O–H groups in total. The highest BCUT2D eigenvalue weighted by atomic mass is 35.5. The Labute approximate surface area is 127 Å². The summed E-state index contributed by atoms with van der Waals surface area (Å²) >= 11 is 11.7. The molecular weight excluding hydrogens is 321 g/mol. The zero-order valence-electron chi connectivity index (χ0n) is 10.4. The molecule has 0 bridgehead atoms. The molecule has 2 aromatic rings. The molecule has 0 saturated heterocycles. The molecule has 0 unspecified atom stereocenters. The fourth-order valence-electron chi connectivity index (χ4n) is 1.61. The Morgan fingerprint density at radius 1 is 1.10 bits per heavy atom. The minimum Gasteiger partial charge on any atom is -0.506 e. The van der Waals surface area contributed by atoms with Crippen LogP contribution in [0.5, 0.6) is 5.75 Å². The number of phenolic OH excluding ortho intramolecular Hbond substituents is 1. The van der Waals surface area contributed by atoms with Crippen LogP contribution in [0.15, 0.2) is 41.3 Å². The first-order valence-electron chi connectivity index (χ1n) is 5.57. The van der Waals surface area contributed by atoms with Crippen molar-refractivity contribution >= 4 is 38.9 Å². The van der Waals surface area contributed by atoms with Gasteiger partial charge in [0.1, 0.15) is 10.6 Å². The van der Waals surface area contributed by atoms with E-state index >= 15 is 0 Å². The van der Waals surface area contributed by atoms with E-state index in [0.717, 1.165) is 5.56 Å². The normalized spacial score (nSPS) is 11.3. The summed E-state index contributed by atoms with van der Waals surface area (Å²) in [5, 5.41) is 9.99. The Bertz CT molecular complexity index is 760. The van der Waals surface area contributed by atoms with E-state index in [4.69, 9.17) is 23.2 Å². The molecule has 2 aromatic carbocycles. The highest BCUT2D eigenvalue weighted by molar-refractivity contribution is 7.92. The monoisotopic (exact) mass is 331 g/mol. The standard InChI is InChI=1S/C13H11Cl2NO3S/c1-8-2-5-12(17)11(6-8)16-20(18,19)13-7-9(14)3-4-10(13)15/h2-7,16-17H,1H3. The highest BCUT2D eigenvalue weighted by Gasteiger charge is 2.20. The first-order valence-corrected chi connectivity index (χ1v) is 7.81. The van der Waals surface area contributed by atoms with E-state index < -0.39 is 10.0 Å².